The molecule has 1 heterocycles. The number of carboxylic acids is 1. The molecular weight excluding hydrogens is 286 g/mol. The third-order valence-corrected chi connectivity index (χ3v) is 5.42. The molecule has 1 atom stereocenters. The molecule has 0 spiro atoms. The molecule has 0 radical (unpaired) electrons. The Morgan fingerprint density at radius 2 is 2.00 bits per heavy atom. The van der Waals surface area contributed by atoms with Crippen LogP contribution in [0.4, 0.5) is 0 Å². The summed E-state index contributed by atoms with van der Waals surface area (Å²) in [6.45, 7) is 1.93. The third kappa shape index (κ3) is 4.06. The van der Waals surface area contributed by atoms with Crippen molar-refractivity contribution >= 4 is 23.2 Å². The van der Waals surface area contributed by atoms with Crippen LogP contribution in [0.1, 0.15) is 62.8 Å². The van der Waals surface area contributed by atoms with Crippen LogP contribution in [0.15, 0.2) is 17.5 Å². The van der Waals surface area contributed by atoms with Gasteiger partial charge in [0.25, 0.3) is 0 Å². The number of nitrogens with one attached hydrogen (secondary N) is 1. The number of carbonyl (C=O) groups is 2. The first kappa shape index (κ1) is 16.0. The molecule has 1 amide bonds. The van der Waals surface area contributed by atoms with Crippen molar-refractivity contribution in [2.45, 2.75) is 57.9 Å². The first-order valence-corrected chi connectivity index (χ1v) is 8.48. The van der Waals surface area contributed by atoms with E-state index in [-0.39, 0.29) is 18.4 Å². The van der Waals surface area contributed by atoms with Gasteiger partial charge in [0.1, 0.15) is 0 Å². The first-order chi connectivity index (χ1) is 10.0. The van der Waals surface area contributed by atoms with E-state index in [0.29, 0.717) is 12.8 Å². The maximum atomic E-state index is 12.3. The Labute approximate surface area is 129 Å². The minimum Gasteiger partial charge on any atom is -0.481 e. The van der Waals surface area contributed by atoms with Crippen molar-refractivity contribution in [3.63, 3.8) is 0 Å². The van der Waals surface area contributed by atoms with Gasteiger partial charge in [-0.05, 0) is 31.2 Å². The van der Waals surface area contributed by atoms with E-state index >= 15 is 0 Å². The molecule has 1 unspecified atom stereocenters. The maximum Gasteiger partial charge on any atom is 0.310 e. The van der Waals surface area contributed by atoms with Gasteiger partial charge in [0.05, 0.1) is 11.5 Å². The molecular formula is C16H23NO3S. The molecule has 2 N–H and O–H groups in total. The van der Waals surface area contributed by atoms with Crippen LogP contribution in [0, 0.1) is 5.41 Å². The van der Waals surface area contributed by atoms with Crippen LogP contribution >= 0.6 is 11.3 Å². The number of hydrogen-bond acceptors (Lipinski definition) is 3. The van der Waals surface area contributed by atoms with Gasteiger partial charge in [-0.3, -0.25) is 9.59 Å². The molecule has 1 aliphatic carbocycles. The van der Waals surface area contributed by atoms with Crippen molar-refractivity contribution in [3.05, 3.63) is 22.4 Å². The third-order valence-electron chi connectivity index (χ3n) is 4.36. The predicted octanol–water partition coefficient (Wildman–Crippen LogP) is 3.74. The summed E-state index contributed by atoms with van der Waals surface area (Å²) in [5.74, 6) is -0.969. The van der Waals surface area contributed by atoms with Crippen LogP contribution in [-0.4, -0.2) is 17.0 Å². The Bertz CT molecular complexity index is 476. The second kappa shape index (κ2) is 7.07. The lowest BCUT2D eigenvalue weighted by Crippen LogP contribution is -2.38. The molecule has 1 saturated carbocycles. The van der Waals surface area contributed by atoms with E-state index in [1.54, 1.807) is 11.3 Å². The number of hydrogen-bond donors (Lipinski definition) is 2. The highest BCUT2D eigenvalue weighted by Gasteiger charge is 2.40. The highest BCUT2D eigenvalue weighted by atomic mass is 32.1. The number of carboxylic acid groups (broad SMARTS) is 1. The Kier molecular flexibility index (Phi) is 5.39. The van der Waals surface area contributed by atoms with Gasteiger partial charge in [0.2, 0.25) is 5.91 Å². The second-order valence-electron chi connectivity index (χ2n) is 5.98. The number of carbonyl (C=O) groups excluding carboxylic acids is 1. The standard InChI is InChI=1S/C16H23NO3S/c1-12(13-7-6-10-21-13)17-14(18)11-16(15(19)20)8-4-2-3-5-9-16/h6-7,10,12H,2-5,8-9,11H2,1H3,(H,17,18)(H,19,20). The fraction of sp³-hybridized carbons (Fsp3) is 0.625. The van der Waals surface area contributed by atoms with Crippen LogP contribution in [0.25, 0.3) is 0 Å². The topological polar surface area (TPSA) is 66.4 Å². The lowest BCUT2D eigenvalue weighted by molar-refractivity contribution is -0.153. The molecule has 0 saturated heterocycles. The molecule has 116 valence electrons. The van der Waals surface area contributed by atoms with E-state index in [0.717, 1.165) is 30.6 Å². The average molecular weight is 309 g/mol. The van der Waals surface area contributed by atoms with Gasteiger partial charge < -0.3 is 10.4 Å². The Morgan fingerprint density at radius 3 is 2.52 bits per heavy atom. The zero-order chi connectivity index (χ0) is 15.3. The summed E-state index contributed by atoms with van der Waals surface area (Å²) in [6, 6.07) is 3.87. The van der Waals surface area contributed by atoms with Gasteiger partial charge in [-0.1, -0.05) is 31.7 Å². The van der Waals surface area contributed by atoms with E-state index in [1.807, 2.05) is 24.4 Å². The van der Waals surface area contributed by atoms with E-state index in [4.69, 9.17) is 0 Å². The summed E-state index contributed by atoms with van der Waals surface area (Å²) in [4.78, 5) is 25.1. The smallest absolute Gasteiger partial charge is 0.310 e. The van der Waals surface area contributed by atoms with Crippen molar-refractivity contribution in [2.24, 2.45) is 5.41 Å². The summed E-state index contributed by atoms with van der Waals surface area (Å²) in [5, 5.41) is 14.5. The highest BCUT2D eigenvalue weighted by molar-refractivity contribution is 7.10. The van der Waals surface area contributed by atoms with Crippen molar-refractivity contribution < 1.29 is 14.7 Å². The fourth-order valence-corrected chi connectivity index (χ4v) is 3.81. The van der Waals surface area contributed by atoms with Crippen LogP contribution < -0.4 is 5.32 Å². The summed E-state index contributed by atoms with van der Waals surface area (Å²) < 4.78 is 0. The number of amides is 1. The van der Waals surface area contributed by atoms with Crippen LogP contribution in [-0.2, 0) is 9.59 Å². The maximum absolute atomic E-state index is 12.3. The van der Waals surface area contributed by atoms with Gasteiger partial charge in [0.15, 0.2) is 0 Å². The van der Waals surface area contributed by atoms with E-state index in [2.05, 4.69) is 5.32 Å². The van der Waals surface area contributed by atoms with Gasteiger partial charge in [-0.2, -0.15) is 0 Å². The molecule has 0 bridgehead atoms. The minimum absolute atomic E-state index is 0.0610. The van der Waals surface area contributed by atoms with Crippen LogP contribution in [0.2, 0.25) is 0 Å². The van der Waals surface area contributed by atoms with E-state index in [9.17, 15) is 14.7 Å². The Morgan fingerprint density at radius 1 is 1.33 bits per heavy atom. The van der Waals surface area contributed by atoms with Crippen molar-refractivity contribution in [2.75, 3.05) is 0 Å². The summed E-state index contributed by atoms with van der Waals surface area (Å²) in [6.07, 6.45) is 5.27. The molecule has 4 nitrogen and oxygen atoms in total. The molecule has 1 aliphatic rings. The summed E-state index contributed by atoms with van der Waals surface area (Å²) in [5.41, 5.74) is -0.865. The first-order valence-electron chi connectivity index (χ1n) is 7.60. The van der Waals surface area contributed by atoms with Crippen LogP contribution in [0.3, 0.4) is 0 Å². The molecule has 1 aromatic rings. The second-order valence-corrected chi connectivity index (χ2v) is 6.96. The Hall–Kier alpha value is -1.36. The number of aliphatic carboxylic acids is 1. The monoisotopic (exact) mass is 309 g/mol. The SMILES string of the molecule is CC(NC(=O)CC1(C(=O)O)CCCCCC1)c1cccs1. The van der Waals surface area contributed by atoms with Gasteiger partial charge in [-0.15, -0.1) is 11.3 Å². The lowest BCUT2D eigenvalue weighted by atomic mass is 9.77. The fourth-order valence-electron chi connectivity index (χ4n) is 3.08. The van der Waals surface area contributed by atoms with E-state index in [1.165, 1.54) is 0 Å². The molecule has 5 heteroatoms. The normalized spacial score (nSPS) is 19.5. The average Bonchev–Trinajstić information content (AvgIpc) is 2.86. The molecule has 1 aromatic heterocycles. The van der Waals surface area contributed by atoms with Gasteiger partial charge >= 0.3 is 5.97 Å². The van der Waals surface area contributed by atoms with Crippen molar-refractivity contribution in [1.82, 2.24) is 5.32 Å². The van der Waals surface area contributed by atoms with Gasteiger partial charge in [0, 0.05) is 11.3 Å². The van der Waals surface area contributed by atoms with Crippen molar-refractivity contribution in [1.29, 1.82) is 0 Å². The summed E-state index contributed by atoms with van der Waals surface area (Å²) >= 11 is 1.60. The highest BCUT2D eigenvalue weighted by Crippen LogP contribution is 2.38. The van der Waals surface area contributed by atoms with Crippen molar-refractivity contribution in [3.8, 4) is 0 Å². The lowest BCUT2D eigenvalue weighted by Gasteiger charge is -2.28. The molecule has 1 fully saturated rings. The molecule has 0 aliphatic heterocycles. The Balaban J connectivity index is 1.99. The zero-order valence-electron chi connectivity index (χ0n) is 12.4. The number of thiophene rings is 1. The van der Waals surface area contributed by atoms with E-state index < -0.39 is 11.4 Å². The zero-order valence-corrected chi connectivity index (χ0v) is 13.2. The molecule has 21 heavy (non-hydrogen) atoms. The minimum atomic E-state index is -0.865. The largest absolute Gasteiger partial charge is 0.481 e. The number of rotatable bonds is 5. The molecule has 2 rings (SSSR count). The predicted molar refractivity (Wildman–Crippen MR) is 83.3 cm³/mol. The quantitative estimate of drug-likeness (QED) is 0.814. The molecule has 0 aromatic carbocycles. The van der Waals surface area contributed by atoms with Gasteiger partial charge in [-0.25, -0.2) is 0 Å². The summed E-state index contributed by atoms with van der Waals surface area (Å²) in [7, 11) is 0. The van der Waals surface area contributed by atoms with Crippen LogP contribution in [0.5, 0.6) is 0 Å².